The number of fused-ring (bicyclic) bond motifs is 1. The van der Waals surface area contributed by atoms with Gasteiger partial charge in [-0.15, -0.1) is 0 Å². The highest BCUT2D eigenvalue weighted by atomic mass is 16.2. The van der Waals surface area contributed by atoms with E-state index >= 15 is 0 Å². The second kappa shape index (κ2) is 8.96. The van der Waals surface area contributed by atoms with Crippen molar-refractivity contribution in [2.24, 2.45) is 5.41 Å². The predicted octanol–water partition coefficient (Wildman–Crippen LogP) is 6.75. The second-order valence-corrected chi connectivity index (χ2v) is 10.3. The minimum absolute atomic E-state index is 0.130. The smallest absolute Gasteiger partial charge is 0.227 e. The van der Waals surface area contributed by atoms with Crippen molar-refractivity contribution in [2.45, 2.75) is 92.7 Å². The fourth-order valence-electron chi connectivity index (χ4n) is 4.97. The summed E-state index contributed by atoms with van der Waals surface area (Å²) in [6.45, 7) is 15.6. The standard InChI is InChI=1S/C28H39NO/c1-8-23-17-26-22(15-16-28(5,6)7)13-10-14-24(26)21(4)29(23)27(30)18-25-19(2)11-9-12-20(25)3/h9-14,21,23H,8,15-18H2,1-7H3/t21?,23-/m0/s1. The first-order valence-corrected chi connectivity index (χ1v) is 11.6. The Kier molecular flexibility index (Phi) is 6.75. The van der Waals surface area contributed by atoms with Gasteiger partial charge < -0.3 is 4.90 Å². The van der Waals surface area contributed by atoms with Crippen LogP contribution in [0.5, 0.6) is 0 Å². The minimum Gasteiger partial charge on any atom is -0.332 e. The molecule has 2 aromatic rings. The van der Waals surface area contributed by atoms with Gasteiger partial charge >= 0.3 is 0 Å². The maximum absolute atomic E-state index is 13.5. The third-order valence-corrected chi connectivity index (χ3v) is 6.89. The Morgan fingerprint density at radius 2 is 1.70 bits per heavy atom. The Hall–Kier alpha value is -2.09. The summed E-state index contributed by atoms with van der Waals surface area (Å²) in [5.74, 6) is 0.262. The highest BCUT2D eigenvalue weighted by molar-refractivity contribution is 5.81. The number of carbonyl (C=O) groups excluding carboxylic acids is 1. The van der Waals surface area contributed by atoms with E-state index in [9.17, 15) is 4.79 Å². The normalized spacial score (nSPS) is 19.0. The average molecular weight is 406 g/mol. The number of amides is 1. The van der Waals surface area contributed by atoms with Crippen molar-refractivity contribution in [3.63, 3.8) is 0 Å². The van der Waals surface area contributed by atoms with Crippen LogP contribution in [0.1, 0.15) is 86.9 Å². The molecule has 0 aliphatic carbocycles. The number of carbonyl (C=O) groups is 1. The van der Waals surface area contributed by atoms with Crippen LogP contribution in [0.25, 0.3) is 0 Å². The van der Waals surface area contributed by atoms with Crippen molar-refractivity contribution in [1.82, 2.24) is 4.90 Å². The summed E-state index contributed by atoms with van der Waals surface area (Å²) in [6.07, 6.45) is 4.78. The van der Waals surface area contributed by atoms with Crippen LogP contribution in [0.2, 0.25) is 0 Å². The summed E-state index contributed by atoms with van der Waals surface area (Å²) >= 11 is 0. The van der Waals surface area contributed by atoms with E-state index in [-0.39, 0.29) is 18.0 Å². The highest BCUT2D eigenvalue weighted by Crippen LogP contribution is 2.37. The zero-order valence-corrected chi connectivity index (χ0v) is 20.0. The largest absolute Gasteiger partial charge is 0.332 e. The third kappa shape index (κ3) is 4.79. The number of nitrogens with zero attached hydrogens (tertiary/aromatic N) is 1. The summed E-state index contributed by atoms with van der Waals surface area (Å²) in [6, 6.07) is 13.4. The molecule has 0 saturated heterocycles. The molecular weight excluding hydrogens is 366 g/mol. The van der Waals surface area contributed by atoms with Gasteiger partial charge in [0.2, 0.25) is 5.91 Å². The Morgan fingerprint density at radius 1 is 1.07 bits per heavy atom. The molecule has 1 aliphatic heterocycles. The van der Waals surface area contributed by atoms with E-state index in [1.807, 2.05) is 0 Å². The van der Waals surface area contributed by atoms with Crippen molar-refractivity contribution in [1.29, 1.82) is 0 Å². The number of hydrogen-bond acceptors (Lipinski definition) is 1. The molecular formula is C28H39NO. The maximum Gasteiger partial charge on any atom is 0.227 e. The molecule has 0 fully saturated rings. The molecule has 30 heavy (non-hydrogen) atoms. The molecule has 1 unspecified atom stereocenters. The molecule has 3 rings (SSSR count). The molecule has 2 heteroatoms. The Labute approximate surface area is 183 Å². The van der Waals surface area contributed by atoms with E-state index in [1.165, 1.54) is 39.8 Å². The fourth-order valence-corrected chi connectivity index (χ4v) is 4.97. The van der Waals surface area contributed by atoms with Crippen LogP contribution in [0.4, 0.5) is 0 Å². The molecule has 1 heterocycles. The van der Waals surface area contributed by atoms with Crippen molar-refractivity contribution >= 4 is 5.91 Å². The first-order valence-electron chi connectivity index (χ1n) is 11.6. The van der Waals surface area contributed by atoms with Crippen molar-refractivity contribution in [3.05, 3.63) is 69.8 Å². The first-order chi connectivity index (χ1) is 14.1. The van der Waals surface area contributed by atoms with Crippen molar-refractivity contribution in [2.75, 3.05) is 0 Å². The summed E-state index contributed by atoms with van der Waals surface area (Å²) < 4.78 is 0. The van der Waals surface area contributed by atoms with E-state index in [0.717, 1.165) is 19.3 Å². The molecule has 1 amide bonds. The van der Waals surface area contributed by atoms with Gasteiger partial charge in [0.05, 0.1) is 12.5 Å². The maximum atomic E-state index is 13.5. The lowest BCUT2D eigenvalue weighted by Crippen LogP contribution is -2.47. The molecule has 0 N–H and O–H groups in total. The summed E-state index contributed by atoms with van der Waals surface area (Å²) in [5, 5.41) is 0. The van der Waals surface area contributed by atoms with Crippen LogP contribution in [-0.2, 0) is 24.1 Å². The molecule has 0 saturated carbocycles. The SMILES string of the molecule is CC[C@H]1Cc2c(CCC(C)(C)C)cccc2C(C)N1C(=O)Cc1c(C)cccc1C. The summed E-state index contributed by atoms with van der Waals surface area (Å²) in [4.78, 5) is 15.7. The van der Waals surface area contributed by atoms with Crippen molar-refractivity contribution in [3.8, 4) is 0 Å². The Morgan fingerprint density at radius 3 is 2.30 bits per heavy atom. The van der Waals surface area contributed by atoms with Crippen molar-refractivity contribution < 1.29 is 4.79 Å². The molecule has 0 spiro atoms. The van der Waals surface area contributed by atoms with E-state index in [2.05, 4.69) is 89.8 Å². The molecule has 2 nitrogen and oxygen atoms in total. The van der Waals surface area contributed by atoms with E-state index in [0.29, 0.717) is 11.8 Å². The monoisotopic (exact) mass is 405 g/mol. The number of rotatable bonds is 5. The zero-order chi connectivity index (χ0) is 22.1. The number of hydrogen-bond donors (Lipinski definition) is 0. The molecule has 0 radical (unpaired) electrons. The molecule has 162 valence electrons. The van der Waals surface area contributed by atoms with Crippen LogP contribution in [-0.4, -0.2) is 16.8 Å². The van der Waals surface area contributed by atoms with Gasteiger partial charge in [0.25, 0.3) is 0 Å². The zero-order valence-electron chi connectivity index (χ0n) is 20.0. The van der Waals surface area contributed by atoms with Crippen LogP contribution in [0.3, 0.4) is 0 Å². The van der Waals surface area contributed by atoms with E-state index in [1.54, 1.807) is 0 Å². The lowest BCUT2D eigenvalue weighted by molar-refractivity contribution is -0.136. The minimum atomic E-state index is 0.130. The Balaban J connectivity index is 1.90. The van der Waals surface area contributed by atoms with E-state index in [4.69, 9.17) is 0 Å². The fraction of sp³-hybridized carbons (Fsp3) is 0.536. The quantitative estimate of drug-likeness (QED) is 0.539. The highest BCUT2D eigenvalue weighted by Gasteiger charge is 2.35. The van der Waals surface area contributed by atoms with Gasteiger partial charge in [-0.1, -0.05) is 64.1 Å². The third-order valence-electron chi connectivity index (χ3n) is 6.89. The van der Waals surface area contributed by atoms with Gasteiger partial charge in [-0.3, -0.25) is 4.79 Å². The summed E-state index contributed by atoms with van der Waals surface area (Å²) in [7, 11) is 0. The van der Waals surface area contributed by atoms with Gasteiger partial charge in [-0.25, -0.2) is 0 Å². The second-order valence-electron chi connectivity index (χ2n) is 10.3. The lowest BCUT2D eigenvalue weighted by Gasteiger charge is -2.43. The number of aryl methyl sites for hydroxylation is 3. The van der Waals surface area contributed by atoms with Gasteiger partial charge in [0.15, 0.2) is 0 Å². The van der Waals surface area contributed by atoms with Gasteiger partial charge in [-0.05, 0) is 85.3 Å². The predicted molar refractivity (Wildman–Crippen MR) is 127 cm³/mol. The Bertz CT molecular complexity index is 885. The van der Waals surface area contributed by atoms with Crippen LogP contribution in [0, 0.1) is 19.3 Å². The van der Waals surface area contributed by atoms with Crippen LogP contribution in [0.15, 0.2) is 36.4 Å². The number of benzene rings is 2. The van der Waals surface area contributed by atoms with Gasteiger partial charge in [-0.2, -0.15) is 0 Å². The molecule has 2 atom stereocenters. The topological polar surface area (TPSA) is 20.3 Å². The molecule has 0 bridgehead atoms. The van der Waals surface area contributed by atoms with Crippen LogP contribution >= 0.6 is 0 Å². The van der Waals surface area contributed by atoms with Gasteiger partial charge in [0, 0.05) is 6.04 Å². The molecule has 2 aromatic carbocycles. The van der Waals surface area contributed by atoms with Crippen LogP contribution < -0.4 is 0 Å². The molecule has 0 aromatic heterocycles. The molecule has 1 aliphatic rings. The lowest BCUT2D eigenvalue weighted by atomic mass is 9.81. The van der Waals surface area contributed by atoms with E-state index < -0.39 is 0 Å². The average Bonchev–Trinajstić information content (AvgIpc) is 2.68. The summed E-state index contributed by atoms with van der Waals surface area (Å²) in [5.41, 5.74) is 8.28. The first kappa shape index (κ1) is 22.6. The van der Waals surface area contributed by atoms with Gasteiger partial charge in [0.1, 0.15) is 0 Å².